The summed E-state index contributed by atoms with van der Waals surface area (Å²) in [5.74, 6) is -0.557. The first-order valence-corrected chi connectivity index (χ1v) is 4.34. The summed E-state index contributed by atoms with van der Waals surface area (Å²) >= 11 is 0. The molecule has 0 radical (unpaired) electrons. The number of hydrogen-bond acceptors (Lipinski definition) is 3. The van der Waals surface area contributed by atoms with Crippen molar-refractivity contribution < 1.29 is 14.4 Å². The van der Waals surface area contributed by atoms with Crippen molar-refractivity contribution in [1.82, 2.24) is 5.16 Å². The van der Waals surface area contributed by atoms with Crippen LogP contribution in [0.3, 0.4) is 0 Å². The molecule has 1 aliphatic carbocycles. The lowest BCUT2D eigenvalue weighted by Crippen LogP contribution is -1.94. The zero-order valence-corrected chi connectivity index (χ0v) is 7.43. The number of hydrogen-bond donors (Lipinski definition) is 1. The van der Waals surface area contributed by atoms with Gasteiger partial charge in [0.15, 0.2) is 11.5 Å². The molecule has 1 aromatic heterocycles. The van der Waals surface area contributed by atoms with E-state index < -0.39 is 5.97 Å². The number of allylic oxidation sites excluding steroid dienone is 4. The predicted octanol–water partition coefficient (Wildman–Crippen LogP) is 2.11. The van der Waals surface area contributed by atoms with Crippen molar-refractivity contribution in [2.24, 2.45) is 0 Å². The summed E-state index contributed by atoms with van der Waals surface area (Å²) in [7, 11) is 0. The van der Waals surface area contributed by atoms with Gasteiger partial charge in [-0.2, -0.15) is 0 Å². The smallest absolute Gasteiger partial charge is 0.358 e. The molecule has 0 aliphatic heterocycles. The summed E-state index contributed by atoms with van der Waals surface area (Å²) in [5.41, 5.74) is 0.844. The van der Waals surface area contributed by atoms with Crippen LogP contribution in [0.25, 0.3) is 5.57 Å². The van der Waals surface area contributed by atoms with E-state index in [2.05, 4.69) is 5.16 Å². The van der Waals surface area contributed by atoms with Crippen LogP contribution in [0.5, 0.6) is 0 Å². The average Bonchev–Trinajstić information content (AvgIpc) is 2.68. The molecule has 0 saturated carbocycles. The highest BCUT2D eigenvalue weighted by Gasteiger charge is 2.12. The number of rotatable bonds is 2. The first-order chi connectivity index (χ1) is 6.77. The van der Waals surface area contributed by atoms with Gasteiger partial charge in [0.1, 0.15) is 0 Å². The Morgan fingerprint density at radius 1 is 1.50 bits per heavy atom. The summed E-state index contributed by atoms with van der Waals surface area (Å²) in [6.45, 7) is 0. The van der Waals surface area contributed by atoms with E-state index in [-0.39, 0.29) is 5.69 Å². The Morgan fingerprint density at radius 3 is 2.93 bits per heavy atom. The van der Waals surface area contributed by atoms with E-state index in [4.69, 9.17) is 9.63 Å². The van der Waals surface area contributed by atoms with Gasteiger partial charge in [0.25, 0.3) is 0 Å². The molecule has 1 N–H and O–H groups in total. The summed E-state index contributed by atoms with van der Waals surface area (Å²) in [6, 6.07) is 1.43. The van der Waals surface area contributed by atoms with Crippen molar-refractivity contribution >= 4 is 11.5 Å². The van der Waals surface area contributed by atoms with Gasteiger partial charge in [-0.25, -0.2) is 4.79 Å². The molecule has 0 fully saturated rings. The Hall–Kier alpha value is -1.84. The maximum absolute atomic E-state index is 10.5. The molecule has 1 aromatic rings. The zero-order valence-electron chi connectivity index (χ0n) is 7.43. The Morgan fingerprint density at radius 2 is 2.36 bits per heavy atom. The minimum Gasteiger partial charge on any atom is -0.476 e. The highest BCUT2D eigenvalue weighted by atomic mass is 16.5. The number of nitrogens with zero attached hydrogens (tertiary/aromatic N) is 1. The lowest BCUT2D eigenvalue weighted by Gasteiger charge is -2.00. The molecule has 0 spiro atoms. The van der Waals surface area contributed by atoms with E-state index in [1.807, 2.05) is 18.2 Å². The Balaban J connectivity index is 2.28. The van der Waals surface area contributed by atoms with Crippen molar-refractivity contribution in [3.8, 4) is 0 Å². The lowest BCUT2D eigenvalue weighted by atomic mass is 10.1. The SMILES string of the molecule is O=C(O)c1cc(C2=CCCC=C2)on1. The molecule has 0 aromatic carbocycles. The van der Waals surface area contributed by atoms with Gasteiger partial charge in [-0.15, -0.1) is 0 Å². The van der Waals surface area contributed by atoms with Crippen LogP contribution in [0.4, 0.5) is 0 Å². The Labute approximate surface area is 80.5 Å². The third-order valence-electron chi connectivity index (χ3n) is 2.01. The fraction of sp³-hybridized carbons (Fsp3) is 0.200. The molecule has 0 saturated heterocycles. The molecular weight excluding hydrogens is 182 g/mol. The minimum absolute atomic E-state index is 0.0557. The molecule has 1 heterocycles. The Kier molecular flexibility index (Phi) is 2.18. The van der Waals surface area contributed by atoms with E-state index in [0.29, 0.717) is 5.76 Å². The summed E-state index contributed by atoms with van der Waals surface area (Å²) in [4.78, 5) is 10.5. The molecule has 14 heavy (non-hydrogen) atoms. The fourth-order valence-electron chi connectivity index (χ4n) is 1.31. The van der Waals surface area contributed by atoms with Crippen molar-refractivity contribution in [2.45, 2.75) is 12.8 Å². The quantitative estimate of drug-likeness (QED) is 0.777. The molecule has 0 atom stereocenters. The highest BCUT2D eigenvalue weighted by Crippen LogP contribution is 2.21. The molecule has 0 unspecified atom stereocenters. The van der Waals surface area contributed by atoms with Gasteiger partial charge in [-0.3, -0.25) is 0 Å². The largest absolute Gasteiger partial charge is 0.476 e. The average molecular weight is 191 g/mol. The molecule has 72 valence electrons. The van der Waals surface area contributed by atoms with E-state index >= 15 is 0 Å². The summed E-state index contributed by atoms with van der Waals surface area (Å²) < 4.78 is 4.92. The molecule has 0 amide bonds. The standard InChI is InChI=1S/C10H9NO3/c12-10(13)8-6-9(14-11-8)7-4-2-1-3-5-7/h2,4-6H,1,3H2,(H,12,13). The first kappa shape index (κ1) is 8.74. The predicted molar refractivity (Wildman–Crippen MR) is 49.8 cm³/mol. The fourth-order valence-corrected chi connectivity index (χ4v) is 1.31. The van der Waals surface area contributed by atoms with Gasteiger partial charge >= 0.3 is 5.97 Å². The molecular formula is C10H9NO3. The second kappa shape index (κ2) is 3.49. The van der Waals surface area contributed by atoms with Crippen LogP contribution in [0.1, 0.15) is 29.1 Å². The zero-order chi connectivity index (χ0) is 9.97. The van der Waals surface area contributed by atoms with Crippen LogP contribution in [-0.2, 0) is 0 Å². The van der Waals surface area contributed by atoms with E-state index in [9.17, 15) is 4.79 Å². The summed E-state index contributed by atoms with van der Waals surface area (Å²) in [5, 5.41) is 12.1. The van der Waals surface area contributed by atoms with Crippen LogP contribution in [0, 0.1) is 0 Å². The number of carbonyl (C=O) groups is 1. The third kappa shape index (κ3) is 1.59. The van der Waals surface area contributed by atoms with Crippen LogP contribution in [-0.4, -0.2) is 16.2 Å². The third-order valence-corrected chi connectivity index (χ3v) is 2.01. The van der Waals surface area contributed by atoms with Crippen LogP contribution in [0.2, 0.25) is 0 Å². The normalized spacial score (nSPS) is 15.3. The number of aromatic carboxylic acids is 1. The van der Waals surface area contributed by atoms with Gasteiger partial charge in [-0.1, -0.05) is 23.4 Å². The monoisotopic (exact) mass is 191 g/mol. The number of carboxylic acid groups (broad SMARTS) is 1. The Bertz CT molecular complexity index is 415. The van der Waals surface area contributed by atoms with E-state index in [1.54, 1.807) is 0 Å². The molecule has 2 rings (SSSR count). The van der Waals surface area contributed by atoms with Crippen molar-refractivity contribution in [3.63, 3.8) is 0 Å². The van der Waals surface area contributed by atoms with Crippen LogP contribution < -0.4 is 0 Å². The van der Waals surface area contributed by atoms with Gasteiger partial charge in [0, 0.05) is 11.6 Å². The van der Waals surface area contributed by atoms with Crippen LogP contribution >= 0.6 is 0 Å². The lowest BCUT2D eigenvalue weighted by molar-refractivity contribution is 0.0685. The second-order valence-corrected chi connectivity index (χ2v) is 3.02. The molecule has 4 nitrogen and oxygen atoms in total. The molecule has 4 heteroatoms. The maximum atomic E-state index is 10.5. The second-order valence-electron chi connectivity index (χ2n) is 3.02. The molecule has 1 aliphatic rings. The number of aromatic nitrogens is 1. The topological polar surface area (TPSA) is 63.3 Å². The number of carboxylic acids is 1. The van der Waals surface area contributed by atoms with Crippen molar-refractivity contribution in [2.75, 3.05) is 0 Å². The van der Waals surface area contributed by atoms with E-state index in [1.165, 1.54) is 6.07 Å². The van der Waals surface area contributed by atoms with Gasteiger partial charge in [0.2, 0.25) is 0 Å². The van der Waals surface area contributed by atoms with Crippen LogP contribution in [0.15, 0.2) is 28.8 Å². The highest BCUT2D eigenvalue weighted by molar-refractivity contribution is 5.86. The van der Waals surface area contributed by atoms with Crippen molar-refractivity contribution in [1.29, 1.82) is 0 Å². The summed E-state index contributed by atoms with van der Waals surface area (Å²) in [6.07, 6.45) is 7.92. The van der Waals surface area contributed by atoms with E-state index in [0.717, 1.165) is 18.4 Å². The minimum atomic E-state index is -1.07. The first-order valence-electron chi connectivity index (χ1n) is 4.34. The van der Waals surface area contributed by atoms with Gasteiger partial charge < -0.3 is 9.63 Å². The van der Waals surface area contributed by atoms with Crippen molar-refractivity contribution in [3.05, 3.63) is 35.7 Å². The van der Waals surface area contributed by atoms with Gasteiger partial charge in [-0.05, 0) is 12.8 Å². The van der Waals surface area contributed by atoms with Gasteiger partial charge in [0.05, 0.1) is 0 Å². The maximum Gasteiger partial charge on any atom is 0.358 e. The molecule has 0 bridgehead atoms.